The van der Waals surface area contributed by atoms with Gasteiger partial charge in [-0.3, -0.25) is 0 Å². The van der Waals surface area contributed by atoms with Gasteiger partial charge in [-0.15, -0.1) is 12.4 Å². The van der Waals surface area contributed by atoms with Crippen LogP contribution < -0.4 is 16.2 Å². The molecule has 4 nitrogen and oxygen atoms in total. The highest BCUT2D eigenvalue weighted by Crippen LogP contribution is 2.28. The van der Waals surface area contributed by atoms with Crippen molar-refractivity contribution in [2.75, 3.05) is 13.7 Å². The number of phenolic OH excluding ortho intramolecular Hbond substituents is 1. The zero-order valence-corrected chi connectivity index (χ0v) is 9.46. The van der Waals surface area contributed by atoms with Crippen molar-refractivity contribution in [2.24, 2.45) is 11.5 Å². The minimum absolute atomic E-state index is 0. The fraction of sp³-hybridized carbons (Fsp3) is 0.400. The molecule has 0 aliphatic carbocycles. The molecule has 86 valence electrons. The highest BCUT2D eigenvalue weighted by Gasteiger charge is 2.08. The fourth-order valence-electron chi connectivity index (χ4n) is 1.27. The molecule has 1 aromatic rings. The second-order valence-electron chi connectivity index (χ2n) is 3.12. The van der Waals surface area contributed by atoms with Crippen molar-refractivity contribution in [2.45, 2.75) is 12.5 Å². The number of aromatic hydroxyl groups is 1. The fourth-order valence-corrected chi connectivity index (χ4v) is 1.27. The summed E-state index contributed by atoms with van der Waals surface area (Å²) < 4.78 is 4.98. The lowest BCUT2D eigenvalue weighted by Crippen LogP contribution is -2.15. The Labute approximate surface area is 95.6 Å². The first-order valence-electron chi connectivity index (χ1n) is 4.51. The highest BCUT2D eigenvalue weighted by molar-refractivity contribution is 5.85. The highest BCUT2D eigenvalue weighted by atomic mass is 35.5. The van der Waals surface area contributed by atoms with Crippen LogP contribution in [0.3, 0.4) is 0 Å². The quantitative estimate of drug-likeness (QED) is 0.728. The lowest BCUT2D eigenvalue weighted by molar-refractivity contribution is 0.372. The maximum atomic E-state index is 9.36. The molecular formula is C10H17ClN2O2. The predicted molar refractivity (Wildman–Crippen MR) is 62.5 cm³/mol. The van der Waals surface area contributed by atoms with Crippen LogP contribution >= 0.6 is 12.4 Å². The molecule has 0 spiro atoms. The van der Waals surface area contributed by atoms with Gasteiger partial charge in [0.25, 0.3) is 0 Å². The normalized spacial score (nSPS) is 11.7. The van der Waals surface area contributed by atoms with Crippen molar-refractivity contribution in [1.29, 1.82) is 0 Å². The van der Waals surface area contributed by atoms with Crippen LogP contribution in [0.4, 0.5) is 0 Å². The minimum atomic E-state index is -0.102. The van der Waals surface area contributed by atoms with E-state index in [1.54, 1.807) is 18.2 Å². The molecule has 0 aliphatic rings. The first-order valence-corrected chi connectivity index (χ1v) is 4.51. The summed E-state index contributed by atoms with van der Waals surface area (Å²) in [6.07, 6.45) is 0.716. The molecule has 5 heteroatoms. The van der Waals surface area contributed by atoms with Crippen molar-refractivity contribution in [1.82, 2.24) is 0 Å². The molecule has 0 fully saturated rings. The molecule has 1 atom stereocenters. The number of phenols is 1. The first-order chi connectivity index (χ1) is 6.69. The van der Waals surface area contributed by atoms with Crippen LogP contribution in [0.25, 0.3) is 0 Å². The third-order valence-corrected chi connectivity index (χ3v) is 2.11. The molecule has 1 rings (SSSR count). The maximum Gasteiger partial charge on any atom is 0.160 e. The lowest BCUT2D eigenvalue weighted by Gasteiger charge is -2.12. The summed E-state index contributed by atoms with van der Waals surface area (Å²) in [6, 6.07) is 4.98. The van der Waals surface area contributed by atoms with Gasteiger partial charge in [0.15, 0.2) is 11.5 Å². The van der Waals surface area contributed by atoms with Crippen molar-refractivity contribution in [3.8, 4) is 11.5 Å². The molecule has 0 aromatic heterocycles. The van der Waals surface area contributed by atoms with Gasteiger partial charge in [-0.25, -0.2) is 0 Å². The third-order valence-electron chi connectivity index (χ3n) is 2.11. The number of benzene rings is 1. The van der Waals surface area contributed by atoms with Crippen molar-refractivity contribution in [3.63, 3.8) is 0 Å². The summed E-state index contributed by atoms with van der Waals surface area (Å²) in [5.74, 6) is 0.561. The van der Waals surface area contributed by atoms with Crippen LogP contribution in [0.15, 0.2) is 18.2 Å². The molecule has 0 radical (unpaired) electrons. The summed E-state index contributed by atoms with van der Waals surface area (Å²) in [5.41, 5.74) is 12.2. The molecule has 15 heavy (non-hydrogen) atoms. The summed E-state index contributed by atoms with van der Waals surface area (Å²) in [5, 5.41) is 9.36. The van der Waals surface area contributed by atoms with Gasteiger partial charge in [0.05, 0.1) is 7.11 Å². The van der Waals surface area contributed by atoms with Gasteiger partial charge in [-0.05, 0) is 30.7 Å². The van der Waals surface area contributed by atoms with E-state index < -0.39 is 0 Å². The van der Waals surface area contributed by atoms with Crippen LogP contribution in [0.5, 0.6) is 11.5 Å². The average molecular weight is 233 g/mol. The van der Waals surface area contributed by atoms with E-state index in [0.29, 0.717) is 18.7 Å². The number of rotatable bonds is 4. The molecular weight excluding hydrogens is 216 g/mol. The van der Waals surface area contributed by atoms with Gasteiger partial charge in [-0.2, -0.15) is 0 Å². The second kappa shape index (κ2) is 6.50. The molecule has 5 N–H and O–H groups in total. The number of hydrogen-bond donors (Lipinski definition) is 3. The lowest BCUT2D eigenvalue weighted by atomic mass is 10.0. The van der Waals surface area contributed by atoms with Gasteiger partial charge >= 0.3 is 0 Å². The van der Waals surface area contributed by atoms with E-state index in [1.165, 1.54) is 7.11 Å². The van der Waals surface area contributed by atoms with E-state index in [0.717, 1.165) is 5.56 Å². The van der Waals surface area contributed by atoms with E-state index >= 15 is 0 Å². The Morgan fingerprint density at radius 3 is 2.67 bits per heavy atom. The van der Waals surface area contributed by atoms with E-state index in [1.807, 2.05) is 0 Å². The topological polar surface area (TPSA) is 81.5 Å². The molecule has 0 unspecified atom stereocenters. The van der Waals surface area contributed by atoms with E-state index in [4.69, 9.17) is 16.2 Å². The smallest absolute Gasteiger partial charge is 0.160 e. The average Bonchev–Trinajstić information content (AvgIpc) is 2.19. The summed E-state index contributed by atoms with van der Waals surface area (Å²) in [6.45, 7) is 0.546. The predicted octanol–water partition coefficient (Wildman–Crippen LogP) is 1.17. The molecule has 0 amide bonds. The van der Waals surface area contributed by atoms with Gasteiger partial charge in [0.1, 0.15) is 0 Å². The summed E-state index contributed by atoms with van der Waals surface area (Å²) in [7, 11) is 1.51. The molecule has 1 aromatic carbocycles. The van der Waals surface area contributed by atoms with Crippen LogP contribution in [0.1, 0.15) is 18.0 Å². The third kappa shape index (κ3) is 3.58. The van der Waals surface area contributed by atoms with Crippen LogP contribution in [0, 0.1) is 0 Å². The Morgan fingerprint density at radius 1 is 1.47 bits per heavy atom. The molecule has 0 heterocycles. The standard InChI is InChI=1S/C10H16N2O2.ClH/c1-14-10-6-7(2-3-9(10)13)8(12)4-5-11;/h2-3,6,8,13H,4-5,11-12H2,1H3;1H/t8-;/m0./s1. The van der Waals surface area contributed by atoms with E-state index in [-0.39, 0.29) is 24.2 Å². The summed E-state index contributed by atoms with van der Waals surface area (Å²) >= 11 is 0. The first kappa shape index (κ1) is 14.0. The van der Waals surface area contributed by atoms with E-state index in [9.17, 15) is 5.11 Å². The van der Waals surface area contributed by atoms with Crippen LogP contribution in [-0.4, -0.2) is 18.8 Å². The zero-order chi connectivity index (χ0) is 10.6. The molecule has 0 aliphatic heterocycles. The Balaban J connectivity index is 0.00000196. The number of ether oxygens (including phenoxy) is 1. The van der Waals surface area contributed by atoms with Crippen molar-refractivity contribution < 1.29 is 9.84 Å². The Morgan fingerprint density at radius 2 is 2.13 bits per heavy atom. The Kier molecular flexibility index (Phi) is 6.08. The zero-order valence-electron chi connectivity index (χ0n) is 8.64. The number of hydrogen-bond acceptors (Lipinski definition) is 4. The van der Waals surface area contributed by atoms with E-state index in [2.05, 4.69) is 0 Å². The van der Waals surface area contributed by atoms with Crippen LogP contribution in [0.2, 0.25) is 0 Å². The van der Waals surface area contributed by atoms with Crippen molar-refractivity contribution in [3.05, 3.63) is 23.8 Å². The number of nitrogens with two attached hydrogens (primary N) is 2. The Bertz CT molecular complexity index is 307. The summed E-state index contributed by atoms with van der Waals surface area (Å²) in [4.78, 5) is 0. The number of halogens is 1. The molecule has 0 saturated heterocycles. The molecule has 0 saturated carbocycles. The number of methoxy groups -OCH3 is 1. The Hall–Kier alpha value is -0.970. The van der Waals surface area contributed by atoms with Gasteiger partial charge in [0, 0.05) is 6.04 Å². The monoisotopic (exact) mass is 232 g/mol. The SMILES string of the molecule is COc1cc([C@@H](N)CCN)ccc1O.Cl. The van der Waals surface area contributed by atoms with Gasteiger partial charge in [0.2, 0.25) is 0 Å². The maximum absolute atomic E-state index is 9.36. The van der Waals surface area contributed by atoms with Crippen molar-refractivity contribution >= 4 is 12.4 Å². The molecule has 0 bridgehead atoms. The van der Waals surface area contributed by atoms with Gasteiger partial charge in [-0.1, -0.05) is 6.07 Å². The largest absolute Gasteiger partial charge is 0.504 e. The van der Waals surface area contributed by atoms with Crippen LogP contribution in [-0.2, 0) is 0 Å². The second-order valence-corrected chi connectivity index (χ2v) is 3.12. The van der Waals surface area contributed by atoms with Gasteiger partial charge < -0.3 is 21.3 Å². The minimum Gasteiger partial charge on any atom is -0.504 e.